The number of ether oxygens (including phenoxy) is 1. The van der Waals surface area contributed by atoms with Gasteiger partial charge in [0.25, 0.3) is 0 Å². The van der Waals surface area contributed by atoms with Crippen LogP contribution in [0.1, 0.15) is 40.0 Å². The Hall–Kier alpha value is -1.10. The topological polar surface area (TPSA) is 66.8 Å². The van der Waals surface area contributed by atoms with Crippen molar-refractivity contribution >= 4 is 11.9 Å². The van der Waals surface area contributed by atoms with E-state index in [4.69, 9.17) is 9.84 Å². The van der Waals surface area contributed by atoms with Gasteiger partial charge in [0.2, 0.25) is 5.91 Å². The molecule has 0 radical (unpaired) electrons. The van der Waals surface area contributed by atoms with Gasteiger partial charge in [-0.15, -0.1) is 0 Å². The van der Waals surface area contributed by atoms with Crippen molar-refractivity contribution in [3.05, 3.63) is 0 Å². The third-order valence-electron chi connectivity index (χ3n) is 4.19. The molecule has 1 N–H and O–H groups in total. The Morgan fingerprint density at radius 3 is 2.58 bits per heavy atom. The lowest BCUT2D eigenvalue weighted by Gasteiger charge is -2.39. The maximum atomic E-state index is 12.1. The Kier molecular flexibility index (Phi) is 3.60. The van der Waals surface area contributed by atoms with E-state index in [1.54, 1.807) is 0 Å². The van der Waals surface area contributed by atoms with E-state index in [1.807, 2.05) is 4.90 Å². The van der Waals surface area contributed by atoms with Crippen molar-refractivity contribution < 1.29 is 19.4 Å². The number of carbonyl (C=O) groups is 2. The van der Waals surface area contributed by atoms with E-state index in [-0.39, 0.29) is 29.4 Å². The Balaban J connectivity index is 1.95. The first-order chi connectivity index (χ1) is 8.71. The van der Waals surface area contributed by atoms with E-state index in [0.29, 0.717) is 0 Å². The predicted octanol–water partition coefficient (Wildman–Crippen LogP) is 1.51. The maximum absolute atomic E-state index is 12.1. The quantitative estimate of drug-likeness (QED) is 0.840. The van der Waals surface area contributed by atoms with Gasteiger partial charge in [-0.1, -0.05) is 20.8 Å². The van der Waals surface area contributed by atoms with Crippen LogP contribution in [0.5, 0.6) is 0 Å². The van der Waals surface area contributed by atoms with Gasteiger partial charge in [-0.2, -0.15) is 0 Å². The van der Waals surface area contributed by atoms with Gasteiger partial charge in [-0.25, -0.2) is 4.79 Å². The van der Waals surface area contributed by atoms with E-state index in [2.05, 4.69) is 20.8 Å². The van der Waals surface area contributed by atoms with Crippen LogP contribution in [0, 0.1) is 10.8 Å². The van der Waals surface area contributed by atoms with Gasteiger partial charge in [-0.3, -0.25) is 4.79 Å². The first kappa shape index (κ1) is 14.3. The molecule has 2 bridgehead atoms. The molecule has 1 amide bonds. The second-order valence-electron chi connectivity index (χ2n) is 7.12. The van der Waals surface area contributed by atoms with Crippen LogP contribution < -0.4 is 0 Å². The third kappa shape index (κ3) is 3.26. The Bertz CT molecular complexity index is 393. The van der Waals surface area contributed by atoms with Crippen molar-refractivity contribution in [2.24, 2.45) is 10.8 Å². The molecule has 1 aliphatic carbocycles. The zero-order chi connectivity index (χ0) is 14.3. The summed E-state index contributed by atoms with van der Waals surface area (Å²) in [6.45, 7) is 6.99. The van der Waals surface area contributed by atoms with Crippen molar-refractivity contribution in [2.45, 2.75) is 46.1 Å². The van der Waals surface area contributed by atoms with Crippen molar-refractivity contribution in [2.75, 3.05) is 19.8 Å². The summed E-state index contributed by atoms with van der Waals surface area (Å²) in [5, 5.41) is 8.50. The van der Waals surface area contributed by atoms with Crippen molar-refractivity contribution in [1.29, 1.82) is 0 Å². The highest BCUT2D eigenvalue weighted by molar-refractivity contribution is 5.78. The van der Waals surface area contributed by atoms with Crippen LogP contribution in [-0.2, 0) is 14.3 Å². The molecule has 2 atom stereocenters. The average molecular weight is 269 g/mol. The average Bonchev–Trinajstić information content (AvgIpc) is 2.47. The summed E-state index contributed by atoms with van der Waals surface area (Å²) in [4.78, 5) is 24.4. The SMILES string of the molecule is CC1(C)CC2CC(C)(CN2C(=O)COCC(=O)O)C1. The lowest BCUT2D eigenvalue weighted by molar-refractivity contribution is -0.146. The molecule has 1 heterocycles. The van der Waals surface area contributed by atoms with Crippen molar-refractivity contribution in [3.63, 3.8) is 0 Å². The van der Waals surface area contributed by atoms with Gasteiger partial charge in [0.15, 0.2) is 0 Å². The van der Waals surface area contributed by atoms with Crippen LogP contribution in [0.3, 0.4) is 0 Å². The minimum absolute atomic E-state index is 0.0762. The van der Waals surface area contributed by atoms with Gasteiger partial charge in [0, 0.05) is 12.6 Å². The van der Waals surface area contributed by atoms with Crippen LogP contribution in [0.25, 0.3) is 0 Å². The maximum Gasteiger partial charge on any atom is 0.329 e. The number of rotatable bonds is 4. The summed E-state index contributed by atoms with van der Waals surface area (Å²) in [6.07, 6.45) is 3.21. The van der Waals surface area contributed by atoms with Gasteiger partial charge in [-0.05, 0) is 30.1 Å². The third-order valence-corrected chi connectivity index (χ3v) is 4.19. The molecule has 5 heteroatoms. The molecule has 0 aromatic heterocycles. The lowest BCUT2D eigenvalue weighted by atomic mass is 9.65. The number of likely N-dealkylation sites (tertiary alicyclic amines) is 1. The molecule has 2 fully saturated rings. The predicted molar refractivity (Wildman–Crippen MR) is 69.7 cm³/mol. The summed E-state index contributed by atoms with van der Waals surface area (Å²) in [7, 11) is 0. The van der Waals surface area contributed by atoms with Gasteiger partial charge in [0.05, 0.1) is 0 Å². The van der Waals surface area contributed by atoms with Crippen LogP contribution in [0.15, 0.2) is 0 Å². The second kappa shape index (κ2) is 4.78. The number of aliphatic carboxylic acids is 1. The zero-order valence-electron chi connectivity index (χ0n) is 11.9. The van der Waals surface area contributed by atoms with Crippen LogP contribution in [0.4, 0.5) is 0 Å². The summed E-state index contributed by atoms with van der Waals surface area (Å²) in [5.74, 6) is -1.12. The molecule has 1 saturated carbocycles. The molecular formula is C14H23NO4. The molecule has 2 aliphatic rings. The number of hydrogen-bond donors (Lipinski definition) is 1. The van der Waals surface area contributed by atoms with Crippen LogP contribution in [0.2, 0.25) is 0 Å². The number of amides is 1. The van der Waals surface area contributed by atoms with Crippen LogP contribution in [-0.4, -0.2) is 47.7 Å². The molecule has 1 aliphatic heterocycles. The van der Waals surface area contributed by atoms with Crippen molar-refractivity contribution in [1.82, 2.24) is 4.90 Å². The number of hydrogen-bond acceptors (Lipinski definition) is 3. The van der Waals surface area contributed by atoms with E-state index in [9.17, 15) is 9.59 Å². The number of carboxylic acid groups (broad SMARTS) is 1. The first-order valence-corrected chi connectivity index (χ1v) is 6.80. The van der Waals surface area contributed by atoms with Crippen molar-refractivity contribution in [3.8, 4) is 0 Å². The molecule has 2 rings (SSSR count). The van der Waals surface area contributed by atoms with Gasteiger partial charge in [0.1, 0.15) is 13.2 Å². The largest absolute Gasteiger partial charge is 0.480 e. The Morgan fingerprint density at radius 1 is 1.26 bits per heavy atom. The minimum Gasteiger partial charge on any atom is -0.480 e. The van der Waals surface area contributed by atoms with E-state index >= 15 is 0 Å². The molecular weight excluding hydrogens is 246 g/mol. The minimum atomic E-state index is -1.04. The van der Waals surface area contributed by atoms with E-state index < -0.39 is 12.6 Å². The lowest BCUT2D eigenvalue weighted by Crippen LogP contribution is -2.39. The molecule has 1 saturated heterocycles. The molecule has 0 aromatic carbocycles. The molecule has 19 heavy (non-hydrogen) atoms. The summed E-state index contributed by atoms with van der Waals surface area (Å²) < 4.78 is 4.91. The zero-order valence-corrected chi connectivity index (χ0v) is 11.9. The monoisotopic (exact) mass is 269 g/mol. The number of carbonyl (C=O) groups excluding carboxylic acids is 1. The molecule has 0 spiro atoms. The number of nitrogens with zero attached hydrogens (tertiary/aromatic N) is 1. The fourth-order valence-electron chi connectivity index (χ4n) is 4.06. The normalized spacial score (nSPS) is 32.4. The fraction of sp³-hybridized carbons (Fsp3) is 0.857. The number of fused-ring (bicyclic) bond motifs is 2. The highest BCUT2D eigenvalue weighted by Crippen LogP contribution is 2.52. The van der Waals surface area contributed by atoms with E-state index in [0.717, 1.165) is 25.8 Å². The smallest absolute Gasteiger partial charge is 0.329 e. The Labute approximate surface area is 113 Å². The van der Waals surface area contributed by atoms with E-state index in [1.165, 1.54) is 0 Å². The molecule has 5 nitrogen and oxygen atoms in total. The highest BCUT2D eigenvalue weighted by atomic mass is 16.5. The molecule has 2 unspecified atom stereocenters. The summed E-state index contributed by atoms with van der Waals surface area (Å²) >= 11 is 0. The van der Waals surface area contributed by atoms with Gasteiger partial charge < -0.3 is 14.7 Å². The van der Waals surface area contributed by atoms with Crippen LogP contribution >= 0.6 is 0 Å². The molecule has 108 valence electrons. The first-order valence-electron chi connectivity index (χ1n) is 6.80. The number of carboxylic acids is 1. The fourth-order valence-corrected chi connectivity index (χ4v) is 4.06. The second-order valence-corrected chi connectivity index (χ2v) is 7.12. The molecule has 0 aromatic rings. The standard InChI is InChI=1S/C14H23NO4/c1-13(2)4-10-5-14(3,8-13)9-15(10)11(16)6-19-7-12(17)18/h10H,4-9H2,1-3H3,(H,17,18). The summed E-state index contributed by atoms with van der Waals surface area (Å²) in [5.41, 5.74) is 0.476. The van der Waals surface area contributed by atoms with Gasteiger partial charge >= 0.3 is 5.97 Å². The Morgan fingerprint density at radius 2 is 1.95 bits per heavy atom. The summed E-state index contributed by atoms with van der Waals surface area (Å²) in [6, 6.07) is 0.287. The highest BCUT2D eigenvalue weighted by Gasteiger charge is 2.50.